The predicted molar refractivity (Wildman–Crippen MR) is 201 cm³/mol. The van der Waals surface area contributed by atoms with Gasteiger partial charge in [0, 0.05) is 23.8 Å². The van der Waals surface area contributed by atoms with Crippen LogP contribution in [0.1, 0.15) is 74.9 Å². The van der Waals surface area contributed by atoms with Crippen molar-refractivity contribution >= 4 is 56.8 Å². The lowest BCUT2D eigenvalue weighted by atomic mass is 9.86. The van der Waals surface area contributed by atoms with Crippen molar-refractivity contribution in [2.45, 2.75) is 56.4 Å². The molecule has 0 saturated heterocycles. The molecule has 1 heterocycles. The molecule has 0 atom stereocenters. The van der Waals surface area contributed by atoms with E-state index >= 15 is 0 Å². The van der Waals surface area contributed by atoms with Gasteiger partial charge in [-0.3, -0.25) is 14.4 Å². The number of carbonyl (C=O) groups is 4. The van der Waals surface area contributed by atoms with Crippen LogP contribution in [0.5, 0.6) is 0 Å². The molecular formula is C39H41ClN4O8S. The fourth-order valence-corrected chi connectivity index (χ4v) is 8.27. The number of hydrogen-bond acceptors (Lipinski definition) is 9. The molecule has 0 aliphatic heterocycles. The van der Waals surface area contributed by atoms with Crippen molar-refractivity contribution in [1.29, 1.82) is 0 Å². The SMILES string of the molecule is CCN(C1CCC(C(=O)OC)CC1)S(=O)(=O)c1cccc(C(=O)Nc2ccc(Cl)nc2C(=O)Nc2ccc(CCc3ccc(C(=O)OC)cc3)cc2)c1. The third-order valence-electron chi connectivity index (χ3n) is 9.27. The number of rotatable bonds is 13. The standard InChI is InChI=1S/C39H41ClN4O8S/c1-4-44(31-20-16-28(17-21-31)39(48)52-3)53(49,50)32-7-5-6-29(24-32)36(45)42-33-22-23-34(40)43-35(33)37(46)41-30-18-12-26(13-19-30)9-8-25-10-14-27(15-11-25)38(47)51-2/h5-7,10-15,18-19,22-24,28,31H,4,8-9,16-17,20-21H2,1-3H3,(H,41,46)(H,42,45). The maximum absolute atomic E-state index is 13.8. The molecule has 2 N–H and O–H groups in total. The van der Waals surface area contributed by atoms with Crippen molar-refractivity contribution in [2.24, 2.45) is 5.92 Å². The van der Waals surface area contributed by atoms with Gasteiger partial charge in [0.2, 0.25) is 10.0 Å². The topological polar surface area (TPSA) is 161 Å². The molecule has 5 rings (SSSR count). The number of nitrogens with one attached hydrogen (secondary N) is 2. The van der Waals surface area contributed by atoms with Gasteiger partial charge in [0.05, 0.1) is 36.3 Å². The number of aromatic nitrogens is 1. The Bertz CT molecular complexity index is 2070. The number of esters is 2. The third-order valence-corrected chi connectivity index (χ3v) is 11.5. The van der Waals surface area contributed by atoms with Crippen molar-refractivity contribution in [1.82, 2.24) is 9.29 Å². The van der Waals surface area contributed by atoms with Gasteiger partial charge >= 0.3 is 11.9 Å². The Balaban J connectivity index is 1.23. The number of sulfonamides is 1. The first kappa shape index (κ1) is 39.1. The van der Waals surface area contributed by atoms with E-state index in [0.717, 1.165) is 24.0 Å². The van der Waals surface area contributed by atoms with E-state index in [9.17, 15) is 27.6 Å². The lowest BCUT2D eigenvalue weighted by molar-refractivity contribution is -0.146. The van der Waals surface area contributed by atoms with Crippen molar-refractivity contribution in [3.05, 3.63) is 118 Å². The lowest BCUT2D eigenvalue weighted by Crippen LogP contribution is -2.43. The van der Waals surface area contributed by atoms with Crippen molar-refractivity contribution in [2.75, 3.05) is 31.4 Å². The van der Waals surface area contributed by atoms with Gasteiger partial charge in [-0.2, -0.15) is 4.31 Å². The van der Waals surface area contributed by atoms with Gasteiger partial charge in [-0.25, -0.2) is 18.2 Å². The number of nitrogens with zero attached hydrogens (tertiary/aromatic N) is 2. The second kappa shape index (κ2) is 17.6. The van der Waals surface area contributed by atoms with Crippen LogP contribution in [-0.2, 0) is 37.1 Å². The zero-order valence-electron chi connectivity index (χ0n) is 29.6. The first-order chi connectivity index (χ1) is 25.4. The molecule has 1 aliphatic rings. The highest BCUT2D eigenvalue weighted by molar-refractivity contribution is 7.89. The van der Waals surface area contributed by atoms with Crippen LogP contribution >= 0.6 is 11.6 Å². The van der Waals surface area contributed by atoms with E-state index in [2.05, 4.69) is 15.6 Å². The average molecular weight is 761 g/mol. The van der Waals surface area contributed by atoms with Crippen LogP contribution in [0.15, 0.2) is 89.8 Å². The normalized spacial score (nSPS) is 15.7. The first-order valence-corrected chi connectivity index (χ1v) is 19.0. The number of amides is 2. The quantitative estimate of drug-likeness (QED) is 0.114. The monoisotopic (exact) mass is 760 g/mol. The predicted octanol–water partition coefficient (Wildman–Crippen LogP) is 6.55. The van der Waals surface area contributed by atoms with Gasteiger partial charge < -0.3 is 20.1 Å². The number of hydrogen-bond donors (Lipinski definition) is 2. The van der Waals surface area contributed by atoms with Crippen molar-refractivity contribution in [3.63, 3.8) is 0 Å². The van der Waals surface area contributed by atoms with Gasteiger partial charge in [0.15, 0.2) is 5.69 Å². The maximum atomic E-state index is 13.8. The van der Waals surface area contributed by atoms with Gasteiger partial charge in [-0.05, 0) is 104 Å². The number of methoxy groups -OCH3 is 2. The summed E-state index contributed by atoms with van der Waals surface area (Å²) in [5, 5.41) is 5.51. The van der Waals surface area contributed by atoms with Crippen LogP contribution in [0.4, 0.5) is 11.4 Å². The smallest absolute Gasteiger partial charge is 0.337 e. The second-order valence-corrected chi connectivity index (χ2v) is 14.9. The number of pyridine rings is 1. The van der Waals surface area contributed by atoms with E-state index in [0.29, 0.717) is 36.9 Å². The van der Waals surface area contributed by atoms with E-state index < -0.39 is 21.8 Å². The Kier molecular flexibility index (Phi) is 13.0. The van der Waals surface area contributed by atoms with E-state index in [1.165, 1.54) is 54.9 Å². The van der Waals surface area contributed by atoms with Gasteiger partial charge in [-0.1, -0.05) is 48.9 Å². The minimum absolute atomic E-state index is 0.0384. The molecule has 2 amide bonds. The van der Waals surface area contributed by atoms with Crippen LogP contribution in [0.3, 0.4) is 0 Å². The summed E-state index contributed by atoms with van der Waals surface area (Å²) in [5.41, 5.74) is 3.09. The molecule has 0 bridgehead atoms. The van der Waals surface area contributed by atoms with Gasteiger partial charge in [0.1, 0.15) is 5.15 Å². The summed E-state index contributed by atoms with van der Waals surface area (Å²) in [6, 6.07) is 22.8. The minimum Gasteiger partial charge on any atom is -0.469 e. The molecule has 0 spiro atoms. The molecule has 1 fully saturated rings. The molecule has 0 unspecified atom stereocenters. The van der Waals surface area contributed by atoms with Crippen LogP contribution in [0.25, 0.3) is 0 Å². The molecule has 3 aromatic carbocycles. The lowest BCUT2D eigenvalue weighted by Gasteiger charge is -2.34. The van der Waals surface area contributed by atoms with E-state index in [-0.39, 0.29) is 57.4 Å². The minimum atomic E-state index is -3.98. The summed E-state index contributed by atoms with van der Waals surface area (Å²) >= 11 is 6.14. The van der Waals surface area contributed by atoms with Crippen molar-refractivity contribution < 1.29 is 37.1 Å². The highest BCUT2D eigenvalue weighted by atomic mass is 35.5. The highest BCUT2D eigenvalue weighted by Crippen LogP contribution is 2.32. The summed E-state index contributed by atoms with van der Waals surface area (Å²) in [4.78, 5) is 54.6. The fraction of sp³-hybridized carbons (Fsp3) is 0.308. The number of aryl methyl sites for hydroxylation is 2. The van der Waals surface area contributed by atoms with Gasteiger partial charge in [-0.15, -0.1) is 0 Å². The summed E-state index contributed by atoms with van der Waals surface area (Å²) in [7, 11) is -1.29. The largest absolute Gasteiger partial charge is 0.469 e. The Morgan fingerprint density at radius 3 is 2.04 bits per heavy atom. The Hall–Kier alpha value is -5.11. The summed E-state index contributed by atoms with van der Waals surface area (Å²) in [5.74, 6) is -2.18. The zero-order valence-corrected chi connectivity index (χ0v) is 31.2. The van der Waals surface area contributed by atoms with Crippen LogP contribution in [0.2, 0.25) is 5.15 Å². The number of halogens is 1. The molecule has 14 heteroatoms. The zero-order chi connectivity index (χ0) is 38.1. The molecule has 1 aromatic heterocycles. The highest BCUT2D eigenvalue weighted by Gasteiger charge is 2.35. The Morgan fingerprint density at radius 2 is 1.43 bits per heavy atom. The van der Waals surface area contributed by atoms with Gasteiger partial charge in [0.25, 0.3) is 11.8 Å². The fourth-order valence-electron chi connectivity index (χ4n) is 6.39. The number of anilines is 2. The second-order valence-electron chi connectivity index (χ2n) is 12.6. The first-order valence-electron chi connectivity index (χ1n) is 17.2. The summed E-state index contributed by atoms with van der Waals surface area (Å²) < 4.78 is 38.6. The number of benzene rings is 3. The molecule has 4 aromatic rings. The van der Waals surface area contributed by atoms with Crippen molar-refractivity contribution in [3.8, 4) is 0 Å². The molecule has 0 radical (unpaired) electrons. The summed E-state index contributed by atoms with van der Waals surface area (Å²) in [6.45, 7) is 1.98. The molecule has 12 nitrogen and oxygen atoms in total. The van der Waals surface area contributed by atoms with Crippen LogP contribution < -0.4 is 10.6 Å². The van der Waals surface area contributed by atoms with E-state index in [1.54, 1.807) is 31.2 Å². The van der Waals surface area contributed by atoms with E-state index in [1.807, 2.05) is 24.3 Å². The number of ether oxygens (including phenoxy) is 2. The Morgan fingerprint density at radius 1 is 0.792 bits per heavy atom. The molecular weight excluding hydrogens is 720 g/mol. The summed E-state index contributed by atoms with van der Waals surface area (Å²) in [6.07, 6.45) is 3.56. The molecule has 1 saturated carbocycles. The average Bonchev–Trinajstić information content (AvgIpc) is 3.18. The van der Waals surface area contributed by atoms with E-state index in [4.69, 9.17) is 21.1 Å². The van der Waals surface area contributed by atoms with Crippen LogP contribution in [-0.4, -0.2) is 68.3 Å². The molecule has 53 heavy (non-hydrogen) atoms. The molecule has 278 valence electrons. The Labute approximate surface area is 313 Å². The maximum Gasteiger partial charge on any atom is 0.337 e. The molecule has 1 aliphatic carbocycles. The number of carbonyl (C=O) groups excluding carboxylic acids is 4. The van der Waals surface area contributed by atoms with Crippen LogP contribution in [0, 0.1) is 5.92 Å². The third kappa shape index (κ3) is 9.66.